The Balaban J connectivity index is 0.000000297. The average molecular weight is 620 g/mol. The van der Waals surface area contributed by atoms with Crippen LogP contribution < -0.4 is 10.6 Å². The SMILES string of the molecule is CC.Cc1c(Nc2ncccc2C(C)C)cccc1C(F)(F)F.Cc1ccc(C(C)(C)C(C)C)c(Nc2cccc(C)c2C)c1. The van der Waals surface area contributed by atoms with Crippen LogP contribution in [-0.4, -0.2) is 4.98 Å². The molecule has 0 fully saturated rings. The number of anilines is 4. The van der Waals surface area contributed by atoms with Gasteiger partial charge < -0.3 is 10.6 Å². The first kappa shape index (κ1) is 37.4. The lowest BCUT2D eigenvalue weighted by Gasteiger charge is -2.32. The summed E-state index contributed by atoms with van der Waals surface area (Å²) in [5.74, 6) is 1.40. The molecular formula is C39H52F3N3. The molecule has 0 spiro atoms. The zero-order valence-corrected chi connectivity index (χ0v) is 29.2. The quantitative estimate of drug-likeness (QED) is 0.216. The summed E-state index contributed by atoms with van der Waals surface area (Å²) in [6.45, 7) is 25.2. The van der Waals surface area contributed by atoms with Crippen LogP contribution >= 0.6 is 0 Å². The highest BCUT2D eigenvalue weighted by atomic mass is 19.4. The summed E-state index contributed by atoms with van der Waals surface area (Å²) in [7, 11) is 0. The first-order valence-corrected chi connectivity index (χ1v) is 15.9. The molecule has 0 bridgehead atoms. The van der Waals surface area contributed by atoms with Crippen LogP contribution in [0.4, 0.5) is 36.1 Å². The molecule has 4 aromatic rings. The first-order valence-electron chi connectivity index (χ1n) is 15.9. The number of rotatable bonds is 7. The number of nitrogens with zero attached hydrogens (tertiary/aromatic N) is 1. The highest BCUT2D eigenvalue weighted by molar-refractivity contribution is 5.69. The number of aromatic nitrogens is 1. The standard InChI is InChI=1S/C21H29N.C16H17F3N2.C2H6/c1-14(2)21(6,7)18-12-11-15(3)13-20(18)22-19-10-8-9-16(4)17(19)5;1-10(2)12-6-5-9-20-15(12)21-14-8-4-7-13(11(14)3)16(17,18)19;1-2/h8-14,22H,1-7H3;4-10H,1-3H3,(H,20,21);1-2H3. The van der Waals surface area contributed by atoms with Gasteiger partial charge in [0.25, 0.3) is 0 Å². The Kier molecular flexibility index (Phi) is 13.3. The Labute approximate surface area is 269 Å². The van der Waals surface area contributed by atoms with Crippen molar-refractivity contribution in [1.82, 2.24) is 4.98 Å². The normalized spacial score (nSPS) is 11.4. The predicted molar refractivity (Wildman–Crippen MR) is 187 cm³/mol. The molecule has 1 heterocycles. The first-order chi connectivity index (χ1) is 21.0. The maximum atomic E-state index is 12.9. The smallest absolute Gasteiger partial charge is 0.355 e. The molecule has 6 heteroatoms. The van der Waals surface area contributed by atoms with Gasteiger partial charge in [0, 0.05) is 23.3 Å². The van der Waals surface area contributed by atoms with Crippen LogP contribution in [0.2, 0.25) is 0 Å². The van der Waals surface area contributed by atoms with Crippen LogP contribution in [0.25, 0.3) is 0 Å². The number of nitrogens with one attached hydrogen (secondary N) is 2. The van der Waals surface area contributed by atoms with E-state index in [1.165, 1.54) is 46.6 Å². The molecule has 3 aromatic carbocycles. The summed E-state index contributed by atoms with van der Waals surface area (Å²) >= 11 is 0. The van der Waals surface area contributed by atoms with Gasteiger partial charge in [-0.15, -0.1) is 0 Å². The lowest BCUT2D eigenvalue weighted by molar-refractivity contribution is -0.138. The summed E-state index contributed by atoms with van der Waals surface area (Å²) in [5.41, 5.74) is 8.80. The molecule has 0 amide bonds. The second kappa shape index (κ2) is 16.0. The van der Waals surface area contributed by atoms with E-state index in [-0.39, 0.29) is 16.9 Å². The highest BCUT2D eigenvalue weighted by Crippen LogP contribution is 2.39. The zero-order valence-electron chi connectivity index (χ0n) is 29.2. The van der Waals surface area contributed by atoms with Crippen molar-refractivity contribution in [3.63, 3.8) is 0 Å². The number of pyridine rings is 1. The van der Waals surface area contributed by atoms with E-state index in [1.54, 1.807) is 12.3 Å². The minimum absolute atomic E-state index is 0.133. The maximum Gasteiger partial charge on any atom is 0.416 e. The molecule has 0 saturated carbocycles. The molecule has 244 valence electrons. The van der Waals surface area contributed by atoms with Crippen molar-refractivity contribution in [2.45, 2.75) is 101 Å². The van der Waals surface area contributed by atoms with E-state index in [1.807, 2.05) is 39.8 Å². The molecule has 0 aliphatic heterocycles. The lowest BCUT2D eigenvalue weighted by Crippen LogP contribution is -2.25. The second-order valence-corrected chi connectivity index (χ2v) is 12.5. The van der Waals surface area contributed by atoms with E-state index in [0.717, 1.165) is 11.6 Å². The van der Waals surface area contributed by atoms with Gasteiger partial charge in [-0.3, -0.25) is 0 Å². The van der Waals surface area contributed by atoms with Crippen molar-refractivity contribution in [2.24, 2.45) is 5.92 Å². The van der Waals surface area contributed by atoms with E-state index in [2.05, 4.69) is 100 Å². The predicted octanol–water partition coefficient (Wildman–Crippen LogP) is 12.6. The monoisotopic (exact) mass is 619 g/mol. The van der Waals surface area contributed by atoms with Gasteiger partial charge in [-0.05, 0) is 109 Å². The fourth-order valence-corrected chi connectivity index (χ4v) is 4.86. The summed E-state index contributed by atoms with van der Waals surface area (Å²) in [6.07, 6.45) is -2.73. The van der Waals surface area contributed by atoms with E-state index in [4.69, 9.17) is 0 Å². The largest absolute Gasteiger partial charge is 0.416 e. The molecule has 0 radical (unpaired) electrons. The zero-order chi connectivity index (χ0) is 34.1. The average Bonchev–Trinajstić information content (AvgIpc) is 2.97. The van der Waals surface area contributed by atoms with Crippen LogP contribution in [0.1, 0.15) is 100 Å². The van der Waals surface area contributed by atoms with Crippen molar-refractivity contribution < 1.29 is 13.2 Å². The van der Waals surface area contributed by atoms with E-state index in [0.29, 0.717) is 17.4 Å². The molecule has 0 aliphatic rings. The molecule has 4 rings (SSSR count). The van der Waals surface area contributed by atoms with Crippen molar-refractivity contribution in [3.05, 3.63) is 112 Å². The van der Waals surface area contributed by atoms with Gasteiger partial charge in [0.05, 0.1) is 5.56 Å². The topological polar surface area (TPSA) is 37.0 Å². The molecule has 45 heavy (non-hydrogen) atoms. The number of halogens is 3. The van der Waals surface area contributed by atoms with Gasteiger partial charge in [0.15, 0.2) is 0 Å². The van der Waals surface area contributed by atoms with Crippen LogP contribution in [0.3, 0.4) is 0 Å². The summed E-state index contributed by atoms with van der Waals surface area (Å²) in [6, 6.07) is 21.1. The van der Waals surface area contributed by atoms with Crippen molar-refractivity contribution in [3.8, 4) is 0 Å². The van der Waals surface area contributed by atoms with Gasteiger partial charge in [0.2, 0.25) is 0 Å². The van der Waals surface area contributed by atoms with Crippen molar-refractivity contribution in [1.29, 1.82) is 0 Å². The third kappa shape index (κ3) is 9.59. The molecule has 2 N–H and O–H groups in total. The van der Waals surface area contributed by atoms with Crippen LogP contribution in [0.15, 0.2) is 72.9 Å². The lowest BCUT2D eigenvalue weighted by atomic mass is 9.74. The molecule has 0 atom stereocenters. The van der Waals surface area contributed by atoms with Gasteiger partial charge >= 0.3 is 6.18 Å². The summed E-state index contributed by atoms with van der Waals surface area (Å²) in [5, 5.41) is 6.71. The van der Waals surface area contributed by atoms with Gasteiger partial charge in [-0.1, -0.05) is 91.8 Å². The molecule has 3 nitrogen and oxygen atoms in total. The van der Waals surface area contributed by atoms with Crippen LogP contribution in [-0.2, 0) is 11.6 Å². The Morgan fingerprint density at radius 1 is 0.667 bits per heavy atom. The minimum Gasteiger partial charge on any atom is -0.355 e. The van der Waals surface area contributed by atoms with Crippen molar-refractivity contribution in [2.75, 3.05) is 10.6 Å². The van der Waals surface area contributed by atoms with Gasteiger partial charge in [-0.25, -0.2) is 4.98 Å². The molecular weight excluding hydrogens is 567 g/mol. The molecule has 0 aliphatic carbocycles. The Hall–Kier alpha value is -3.80. The van der Waals surface area contributed by atoms with Crippen molar-refractivity contribution >= 4 is 22.9 Å². The number of aryl methyl sites for hydroxylation is 2. The van der Waals surface area contributed by atoms with Gasteiger partial charge in [0.1, 0.15) is 5.82 Å². The number of alkyl halides is 3. The molecule has 0 saturated heterocycles. The fraction of sp³-hybridized carbons (Fsp3) is 0.410. The third-order valence-electron chi connectivity index (χ3n) is 8.54. The van der Waals surface area contributed by atoms with E-state index in [9.17, 15) is 13.2 Å². The number of hydrogen-bond donors (Lipinski definition) is 2. The van der Waals surface area contributed by atoms with Crippen LogP contribution in [0.5, 0.6) is 0 Å². The summed E-state index contributed by atoms with van der Waals surface area (Å²) < 4.78 is 38.8. The molecule has 1 aromatic heterocycles. The number of benzene rings is 3. The fourth-order valence-electron chi connectivity index (χ4n) is 4.86. The maximum absolute atomic E-state index is 12.9. The van der Waals surface area contributed by atoms with E-state index < -0.39 is 11.7 Å². The minimum atomic E-state index is -4.35. The third-order valence-corrected chi connectivity index (χ3v) is 8.54. The Morgan fingerprint density at radius 2 is 1.27 bits per heavy atom. The Bertz CT molecular complexity index is 1540. The second-order valence-electron chi connectivity index (χ2n) is 12.5. The molecule has 0 unspecified atom stereocenters. The number of hydrogen-bond acceptors (Lipinski definition) is 3. The van der Waals surface area contributed by atoms with Gasteiger partial charge in [-0.2, -0.15) is 13.2 Å². The van der Waals surface area contributed by atoms with Crippen LogP contribution in [0, 0.1) is 33.6 Å². The highest BCUT2D eigenvalue weighted by Gasteiger charge is 2.33. The van der Waals surface area contributed by atoms with E-state index >= 15 is 0 Å². The Morgan fingerprint density at radius 3 is 1.84 bits per heavy atom. The summed E-state index contributed by atoms with van der Waals surface area (Å²) in [4.78, 5) is 4.24.